The van der Waals surface area contributed by atoms with E-state index in [-0.39, 0.29) is 24.2 Å². The normalized spacial score (nSPS) is 15.6. The first kappa shape index (κ1) is 19.3. The van der Waals surface area contributed by atoms with Crippen LogP contribution >= 0.6 is 12.4 Å². The van der Waals surface area contributed by atoms with Crippen LogP contribution in [-0.2, 0) is 4.79 Å². The van der Waals surface area contributed by atoms with Crippen molar-refractivity contribution < 1.29 is 9.53 Å². The molecular formula is C21H24ClN3O2. The molecule has 0 saturated heterocycles. The average Bonchev–Trinajstić information content (AvgIpc) is 3.30. The number of nitrogens with two attached hydrogens (primary N) is 1. The zero-order valence-electron chi connectivity index (χ0n) is 15.2. The molecular weight excluding hydrogens is 362 g/mol. The van der Waals surface area contributed by atoms with Gasteiger partial charge in [-0.05, 0) is 42.2 Å². The fourth-order valence-electron chi connectivity index (χ4n) is 3.36. The number of aromatic nitrogens is 1. The molecule has 27 heavy (non-hydrogen) atoms. The summed E-state index contributed by atoms with van der Waals surface area (Å²) >= 11 is 0. The van der Waals surface area contributed by atoms with Gasteiger partial charge in [0.05, 0.1) is 12.6 Å². The van der Waals surface area contributed by atoms with Crippen molar-refractivity contribution in [2.45, 2.75) is 24.3 Å². The second-order valence-electron chi connectivity index (χ2n) is 6.98. The number of carbonyl (C=O) groups excluding carboxylic acids is 1. The molecule has 2 aromatic carbocycles. The second-order valence-corrected chi connectivity index (χ2v) is 6.98. The highest BCUT2D eigenvalue weighted by Gasteiger charge is 2.45. The number of rotatable bonds is 6. The van der Waals surface area contributed by atoms with Gasteiger partial charge in [-0.1, -0.05) is 30.3 Å². The Morgan fingerprint density at radius 2 is 1.93 bits per heavy atom. The number of aromatic amines is 1. The molecule has 0 radical (unpaired) electrons. The lowest BCUT2D eigenvalue weighted by Gasteiger charge is -2.20. The van der Waals surface area contributed by atoms with Gasteiger partial charge in [-0.3, -0.25) is 4.79 Å². The number of nitrogens with one attached hydrogen (secondary N) is 2. The highest BCUT2D eigenvalue weighted by Crippen LogP contribution is 2.34. The fourth-order valence-corrected chi connectivity index (χ4v) is 3.36. The topological polar surface area (TPSA) is 80.1 Å². The van der Waals surface area contributed by atoms with Crippen LogP contribution in [0.15, 0.2) is 54.7 Å². The van der Waals surface area contributed by atoms with Crippen LogP contribution in [-0.4, -0.2) is 30.1 Å². The Morgan fingerprint density at radius 1 is 1.22 bits per heavy atom. The first-order valence-electron chi connectivity index (χ1n) is 8.88. The Morgan fingerprint density at radius 3 is 2.59 bits per heavy atom. The minimum atomic E-state index is -0.662. The van der Waals surface area contributed by atoms with E-state index in [4.69, 9.17) is 10.5 Å². The number of fused-ring (bicyclic) bond motifs is 1. The lowest BCUT2D eigenvalue weighted by molar-refractivity contribution is -0.123. The molecule has 0 aliphatic heterocycles. The van der Waals surface area contributed by atoms with Crippen LogP contribution in [0.3, 0.4) is 0 Å². The molecule has 1 unspecified atom stereocenters. The number of benzene rings is 2. The van der Waals surface area contributed by atoms with Crippen molar-refractivity contribution in [3.05, 3.63) is 65.9 Å². The third kappa shape index (κ3) is 3.80. The number of methoxy groups -OCH3 is 1. The van der Waals surface area contributed by atoms with Crippen molar-refractivity contribution in [3.8, 4) is 5.75 Å². The first-order valence-corrected chi connectivity index (χ1v) is 8.88. The van der Waals surface area contributed by atoms with E-state index in [1.807, 2.05) is 42.6 Å². The van der Waals surface area contributed by atoms with Crippen LogP contribution in [0.1, 0.15) is 29.9 Å². The molecule has 3 aromatic rings. The molecule has 1 aliphatic rings. The predicted octanol–water partition coefficient (Wildman–Crippen LogP) is 3.34. The minimum Gasteiger partial charge on any atom is -0.497 e. The molecule has 1 saturated carbocycles. The summed E-state index contributed by atoms with van der Waals surface area (Å²) in [6.07, 6.45) is 3.55. The molecule has 4 rings (SSSR count). The molecule has 4 N–H and O–H groups in total. The SMILES string of the molecule is COc1ccc(C(CNC(=O)C2(N)CC2)c2c[nH]c3ccccc23)cc1.Cl. The molecule has 1 atom stereocenters. The van der Waals surface area contributed by atoms with E-state index < -0.39 is 5.54 Å². The van der Waals surface area contributed by atoms with Crippen molar-refractivity contribution in [1.82, 2.24) is 10.3 Å². The van der Waals surface area contributed by atoms with E-state index in [0.717, 1.165) is 40.6 Å². The van der Waals surface area contributed by atoms with Gasteiger partial charge in [0.15, 0.2) is 0 Å². The Labute approximate surface area is 164 Å². The third-order valence-electron chi connectivity index (χ3n) is 5.22. The van der Waals surface area contributed by atoms with Crippen LogP contribution in [0.2, 0.25) is 0 Å². The van der Waals surface area contributed by atoms with Gasteiger partial charge in [0, 0.05) is 29.6 Å². The maximum atomic E-state index is 12.3. The molecule has 0 bridgehead atoms. The molecule has 142 valence electrons. The molecule has 1 aromatic heterocycles. The molecule has 0 spiro atoms. The maximum Gasteiger partial charge on any atom is 0.240 e. The minimum absolute atomic E-state index is 0. The van der Waals surface area contributed by atoms with E-state index in [0.29, 0.717) is 6.54 Å². The largest absolute Gasteiger partial charge is 0.497 e. The average molecular weight is 386 g/mol. The summed E-state index contributed by atoms with van der Waals surface area (Å²) in [5, 5.41) is 4.22. The summed E-state index contributed by atoms with van der Waals surface area (Å²) in [6, 6.07) is 16.2. The molecule has 1 amide bonds. The van der Waals surface area contributed by atoms with Crippen molar-refractivity contribution in [2.75, 3.05) is 13.7 Å². The van der Waals surface area contributed by atoms with E-state index in [2.05, 4.69) is 22.4 Å². The van der Waals surface area contributed by atoms with Crippen LogP contribution in [0.25, 0.3) is 10.9 Å². The maximum absolute atomic E-state index is 12.3. The summed E-state index contributed by atoms with van der Waals surface area (Å²) in [4.78, 5) is 15.7. The monoisotopic (exact) mass is 385 g/mol. The van der Waals surface area contributed by atoms with Crippen LogP contribution in [0.4, 0.5) is 0 Å². The zero-order valence-corrected chi connectivity index (χ0v) is 16.0. The number of para-hydroxylation sites is 1. The number of H-pyrrole nitrogens is 1. The van der Waals surface area contributed by atoms with Gasteiger partial charge >= 0.3 is 0 Å². The highest BCUT2D eigenvalue weighted by atomic mass is 35.5. The van der Waals surface area contributed by atoms with E-state index in [1.54, 1.807) is 7.11 Å². The number of hydrogen-bond acceptors (Lipinski definition) is 3. The zero-order chi connectivity index (χ0) is 18.1. The van der Waals surface area contributed by atoms with Crippen molar-refractivity contribution in [3.63, 3.8) is 0 Å². The van der Waals surface area contributed by atoms with Gasteiger partial charge in [0.25, 0.3) is 0 Å². The van der Waals surface area contributed by atoms with Gasteiger partial charge in [-0.15, -0.1) is 12.4 Å². The Bertz CT molecular complexity index is 932. The summed E-state index contributed by atoms with van der Waals surface area (Å²) in [6.45, 7) is 0.506. The van der Waals surface area contributed by atoms with Crippen LogP contribution in [0, 0.1) is 0 Å². The summed E-state index contributed by atoms with van der Waals surface area (Å²) in [5.74, 6) is 0.786. The highest BCUT2D eigenvalue weighted by molar-refractivity contribution is 5.89. The third-order valence-corrected chi connectivity index (χ3v) is 5.22. The summed E-state index contributed by atoms with van der Waals surface area (Å²) < 4.78 is 5.27. The lowest BCUT2D eigenvalue weighted by atomic mass is 9.90. The lowest BCUT2D eigenvalue weighted by Crippen LogP contribution is -2.44. The van der Waals surface area contributed by atoms with Gasteiger partial charge < -0.3 is 20.8 Å². The van der Waals surface area contributed by atoms with Gasteiger partial charge in [0.2, 0.25) is 5.91 Å². The Balaban J connectivity index is 0.00000210. The van der Waals surface area contributed by atoms with Gasteiger partial charge in [0.1, 0.15) is 5.75 Å². The summed E-state index contributed by atoms with van der Waals surface area (Å²) in [7, 11) is 1.66. The molecule has 1 fully saturated rings. The molecule has 1 aliphatic carbocycles. The van der Waals surface area contributed by atoms with Gasteiger partial charge in [-0.25, -0.2) is 0 Å². The van der Waals surface area contributed by atoms with Gasteiger partial charge in [-0.2, -0.15) is 0 Å². The number of halogens is 1. The van der Waals surface area contributed by atoms with Crippen LogP contribution < -0.4 is 15.8 Å². The van der Waals surface area contributed by atoms with E-state index in [9.17, 15) is 4.79 Å². The van der Waals surface area contributed by atoms with Crippen molar-refractivity contribution in [1.29, 1.82) is 0 Å². The van der Waals surface area contributed by atoms with E-state index in [1.165, 1.54) is 0 Å². The number of carbonyl (C=O) groups is 1. The fraction of sp³-hybridized carbons (Fsp3) is 0.286. The Kier molecular flexibility index (Phi) is 5.44. The smallest absolute Gasteiger partial charge is 0.240 e. The van der Waals surface area contributed by atoms with Crippen LogP contribution in [0.5, 0.6) is 5.75 Å². The number of ether oxygens (including phenoxy) is 1. The van der Waals surface area contributed by atoms with Crippen molar-refractivity contribution >= 4 is 29.2 Å². The predicted molar refractivity (Wildman–Crippen MR) is 110 cm³/mol. The van der Waals surface area contributed by atoms with E-state index >= 15 is 0 Å². The summed E-state index contributed by atoms with van der Waals surface area (Å²) in [5.41, 5.74) is 8.74. The molecule has 6 heteroatoms. The Hall–Kier alpha value is -2.50. The molecule has 1 heterocycles. The second kappa shape index (κ2) is 7.62. The molecule has 5 nitrogen and oxygen atoms in total. The standard InChI is InChI=1S/C21H23N3O2.ClH/c1-26-15-8-6-14(7-9-15)17(12-24-20(25)21(22)10-11-21)18-13-23-19-5-3-2-4-16(18)19;/h2-9,13,17,23H,10-12,22H2,1H3,(H,24,25);1H. The number of amides is 1. The first-order chi connectivity index (χ1) is 12.6. The van der Waals surface area contributed by atoms with Crippen molar-refractivity contribution in [2.24, 2.45) is 5.73 Å². The quantitative estimate of drug-likeness (QED) is 0.608. The number of hydrogen-bond donors (Lipinski definition) is 3.